The molecular weight excluding hydrogens is 380 g/mol. The number of piperidine rings is 1. The Balaban J connectivity index is 1.54. The van der Waals surface area contributed by atoms with Crippen molar-refractivity contribution in [2.75, 3.05) is 13.1 Å². The van der Waals surface area contributed by atoms with Crippen molar-refractivity contribution in [2.24, 2.45) is 11.8 Å². The van der Waals surface area contributed by atoms with Gasteiger partial charge >= 0.3 is 0 Å². The van der Waals surface area contributed by atoms with E-state index < -0.39 is 12.1 Å². The van der Waals surface area contributed by atoms with Crippen molar-refractivity contribution in [1.82, 2.24) is 16.0 Å². The third-order valence-corrected chi connectivity index (χ3v) is 5.72. The molecule has 7 heteroatoms. The van der Waals surface area contributed by atoms with E-state index in [4.69, 9.17) is 4.74 Å². The third-order valence-electron chi connectivity index (χ3n) is 5.72. The van der Waals surface area contributed by atoms with Crippen LogP contribution in [0.15, 0.2) is 24.3 Å². The van der Waals surface area contributed by atoms with E-state index in [9.17, 15) is 14.9 Å². The van der Waals surface area contributed by atoms with E-state index in [2.05, 4.69) is 41.9 Å². The zero-order chi connectivity index (χ0) is 21.5. The fraction of sp³-hybridized carbons (Fsp3) is 0.609. The fourth-order valence-corrected chi connectivity index (χ4v) is 4.16. The lowest BCUT2D eigenvalue weighted by molar-refractivity contribution is -0.128. The van der Waals surface area contributed by atoms with Gasteiger partial charge in [-0.25, -0.2) is 0 Å². The number of hydrogen-bond acceptors (Lipinski definition) is 5. The minimum atomic E-state index is -0.671. The molecule has 1 saturated heterocycles. The molecule has 2 aliphatic rings. The SMILES string of the molecule is CC(C)C[C@H](NCC1Cc2ccccc2O1)C(=O)N[C@H](C#N)C[C@@H]1CCCNC1=O. The molecule has 0 spiro atoms. The predicted octanol–water partition coefficient (Wildman–Crippen LogP) is 1.92. The van der Waals surface area contributed by atoms with E-state index >= 15 is 0 Å². The molecule has 0 aliphatic carbocycles. The lowest BCUT2D eigenvalue weighted by Gasteiger charge is -2.26. The van der Waals surface area contributed by atoms with Gasteiger partial charge in [-0.1, -0.05) is 32.0 Å². The first-order chi connectivity index (χ1) is 14.5. The van der Waals surface area contributed by atoms with E-state index in [0.717, 1.165) is 25.0 Å². The molecule has 0 radical (unpaired) electrons. The number of hydrogen-bond donors (Lipinski definition) is 3. The Morgan fingerprint density at radius 1 is 1.37 bits per heavy atom. The highest BCUT2D eigenvalue weighted by Crippen LogP contribution is 2.27. The van der Waals surface area contributed by atoms with Crippen LogP contribution >= 0.6 is 0 Å². The summed E-state index contributed by atoms with van der Waals surface area (Å²) < 4.78 is 5.97. The molecule has 4 atom stereocenters. The average Bonchev–Trinajstić information content (AvgIpc) is 3.14. The standard InChI is InChI=1S/C23H32N4O3/c1-15(2)10-20(26-14-19-12-16-6-3-4-8-21(16)30-19)23(29)27-18(13-24)11-17-7-5-9-25-22(17)28/h3-4,6,8,15,17-20,26H,5,7,9-12,14H2,1-2H3,(H,25,28)(H,27,29)/t17-,18-,19?,20-/m0/s1. The molecule has 0 bridgehead atoms. The minimum absolute atomic E-state index is 0.0115. The largest absolute Gasteiger partial charge is 0.488 e. The quantitative estimate of drug-likeness (QED) is 0.575. The van der Waals surface area contributed by atoms with Crippen molar-refractivity contribution in [1.29, 1.82) is 5.26 Å². The number of nitriles is 1. The van der Waals surface area contributed by atoms with Gasteiger partial charge in [0.25, 0.3) is 0 Å². The summed E-state index contributed by atoms with van der Waals surface area (Å²) in [6.45, 7) is 5.38. The maximum Gasteiger partial charge on any atom is 0.238 e. The number of fused-ring (bicyclic) bond motifs is 1. The van der Waals surface area contributed by atoms with E-state index in [-0.39, 0.29) is 23.8 Å². The summed E-state index contributed by atoms with van der Waals surface area (Å²) in [6, 6.07) is 9.06. The van der Waals surface area contributed by atoms with Gasteiger partial charge < -0.3 is 20.7 Å². The summed E-state index contributed by atoms with van der Waals surface area (Å²) in [7, 11) is 0. The van der Waals surface area contributed by atoms with Crippen LogP contribution in [0.4, 0.5) is 0 Å². The summed E-state index contributed by atoms with van der Waals surface area (Å²) in [6.07, 6.45) is 3.48. The highest BCUT2D eigenvalue weighted by molar-refractivity contribution is 5.83. The zero-order valence-corrected chi connectivity index (χ0v) is 17.8. The second-order valence-electron chi connectivity index (χ2n) is 8.70. The van der Waals surface area contributed by atoms with Crippen LogP contribution in [0, 0.1) is 23.2 Å². The van der Waals surface area contributed by atoms with Crippen LogP contribution in [0.25, 0.3) is 0 Å². The van der Waals surface area contributed by atoms with E-state index in [1.807, 2.05) is 18.2 Å². The summed E-state index contributed by atoms with van der Waals surface area (Å²) in [5.41, 5.74) is 1.18. The van der Waals surface area contributed by atoms with Crippen LogP contribution in [0.1, 0.15) is 45.1 Å². The molecule has 3 rings (SSSR count). The van der Waals surface area contributed by atoms with Crippen molar-refractivity contribution in [3.63, 3.8) is 0 Å². The number of nitrogens with zero attached hydrogens (tertiary/aromatic N) is 1. The maximum absolute atomic E-state index is 12.9. The van der Waals surface area contributed by atoms with Crippen molar-refractivity contribution >= 4 is 11.8 Å². The number of carbonyl (C=O) groups is 2. The zero-order valence-electron chi connectivity index (χ0n) is 17.8. The molecule has 2 amide bonds. The second-order valence-corrected chi connectivity index (χ2v) is 8.70. The molecular formula is C23H32N4O3. The molecule has 1 unspecified atom stereocenters. The summed E-state index contributed by atoms with van der Waals surface area (Å²) in [4.78, 5) is 24.9. The highest BCUT2D eigenvalue weighted by Gasteiger charge is 2.29. The van der Waals surface area contributed by atoms with Crippen LogP contribution in [-0.4, -0.2) is 43.1 Å². The van der Waals surface area contributed by atoms with Gasteiger partial charge in [0.2, 0.25) is 11.8 Å². The van der Waals surface area contributed by atoms with E-state index in [1.165, 1.54) is 5.56 Å². The number of ether oxygens (including phenoxy) is 1. The molecule has 1 fully saturated rings. The summed E-state index contributed by atoms with van der Waals surface area (Å²) in [5, 5.41) is 18.5. The Bertz CT molecular complexity index is 764. The van der Waals surface area contributed by atoms with Gasteiger partial charge in [0.1, 0.15) is 17.9 Å². The third kappa shape index (κ3) is 5.96. The van der Waals surface area contributed by atoms with Crippen molar-refractivity contribution in [3.8, 4) is 11.8 Å². The van der Waals surface area contributed by atoms with Crippen LogP contribution < -0.4 is 20.7 Å². The molecule has 0 saturated carbocycles. The molecule has 30 heavy (non-hydrogen) atoms. The van der Waals surface area contributed by atoms with Crippen LogP contribution in [0.5, 0.6) is 5.75 Å². The van der Waals surface area contributed by atoms with Crippen LogP contribution in [-0.2, 0) is 16.0 Å². The number of amides is 2. The first-order valence-electron chi connectivity index (χ1n) is 10.9. The molecule has 3 N–H and O–H groups in total. The predicted molar refractivity (Wildman–Crippen MR) is 114 cm³/mol. The van der Waals surface area contributed by atoms with Gasteiger partial charge in [-0.05, 0) is 43.2 Å². The topological polar surface area (TPSA) is 103 Å². The summed E-state index contributed by atoms with van der Waals surface area (Å²) in [5.74, 6) is 0.794. The van der Waals surface area contributed by atoms with Gasteiger partial charge in [0, 0.05) is 25.4 Å². The number of benzene rings is 1. The Morgan fingerprint density at radius 2 is 2.17 bits per heavy atom. The number of nitrogens with one attached hydrogen (secondary N) is 3. The van der Waals surface area contributed by atoms with Gasteiger partial charge in [-0.3, -0.25) is 9.59 Å². The van der Waals surface area contributed by atoms with Crippen LogP contribution in [0.2, 0.25) is 0 Å². The second kappa shape index (κ2) is 10.4. The first kappa shape index (κ1) is 22.1. The lowest BCUT2D eigenvalue weighted by Crippen LogP contribution is -2.51. The van der Waals surface area contributed by atoms with E-state index in [0.29, 0.717) is 31.8 Å². The normalized spacial score (nSPS) is 22.4. The monoisotopic (exact) mass is 412 g/mol. The number of rotatable bonds is 9. The molecule has 7 nitrogen and oxygen atoms in total. The Morgan fingerprint density at radius 3 is 2.87 bits per heavy atom. The molecule has 1 aromatic carbocycles. The van der Waals surface area contributed by atoms with Crippen LogP contribution in [0.3, 0.4) is 0 Å². The smallest absolute Gasteiger partial charge is 0.238 e. The molecule has 1 aromatic rings. The van der Waals surface area contributed by atoms with E-state index in [1.54, 1.807) is 0 Å². The lowest BCUT2D eigenvalue weighted by atomic mass is 9.91. The highest BCUT2D eigenvalue weighted by atomic mass is 16.5. The van der Waals surface area contributed by atoms with Crippen molar-refractivity contribution in [3.05, 3.63) is 29.8 Å². The van der Waals surface area contributed by atoms with Gasteiger partial charge in [0.15, 0.2) is 0 Å². The first-order valence-corrected chi connectivity index (χ1v) is 10.9. The Labute approximate surface area is 178 Å². The maximum atomic E-state index is 12.9. The van der Waals surface area contributed by atoms with Gasteiger partial charge in [-0.15, -0.1) is 0 Å². The Hall–Kier alpha value is -2.59. The average molecular weight is 413 g/mol. The number of carbonyl (C=O) groups excluding carboxylic acids is 2. The molecule has 0 aromatic heterocycles. The Kier molecular flexibility index (Phi) is 7.69. The summed E-state index contributed by atoms with van der Waals surface area (Å²) >= 11 is 0. The van der Waals surface area contributed by atoms with Crippen molar-refractivity contribution in [2.45, 2.75) is 64.1 Å². The molecule has 2 aliphatic heterocycles. The molecule has 2 heterocycles. The van der Waals surface area contributed by atoms with Gasteiger partial charge in [0.05, 0.1) is 12.1 Å². The minimum Gasteiger partial charge on any atom is -0.488 e. The fourth-order valence-electron chi connectivity index (χ4n) is 4.16. The van der Waals surface area contributed by atoms with Crippen molar-refractivity contribution < 1.29 is 14.3 Å². The molecule has 162 valence electrons. The number of para-hydroxylation sites is 1. The van der Waals surface area contributed by atoms with Gasteiger partial charge in [-0.2, -0.15) is 5.26 Å².